The van der Waals surface area contributed by atoms with Crippen molar-refractivity contribution < 1.29 is 4.74 Å². The van der Waals surface area contributed by atoms with Gasteiger partial charge in [0, 0.05) is 62.7 Å². The molecule has 0 aromatic heterocycles. The Labute approximate surface area is 126 Å². The van der Waals surface area contributed by atoms with Crippen LogP contribution >= 0.6 is 11.6 Å². The summed E-state index contributed by atoms with van der Waals surface area (Å²) in [6.45, 7) is 6.65. The summed E-state index contributed by atoms with van der Waals surface area (Å²) in [6, 6.07) is 6.17. The first-order valence-electron chi connectivity index (χ1n) is 7.13. The largest absolute Gasteiger partial charge is 0.383 e. The maximum absolute atomic E-state index is 6.38. The van der Waals surface area contributed by atoms with Crippen LogP contribution in [0.5, 0.6) is 0 Å². The van der Waals surface area contributed by atoms with Gasteiger partial charge in [-0.15, -0.1) is 0 Å². The van der Waals surface area contributed by atoms with Crippen molar-refractivity contribution in [1.82, 2.24) is 10.2 Å². The van der Waals surface area contributed by atoms with Crippen LogP contribution in [-0.4, -0.2) is 58.4 Å². The predicted molar refractivity (Wildman–Crippen MR) is 84.7 cm³/mol. The van der Waals surface area contributed by atoms with E-state index in [2.05, 4.69) is 28.2 Å². The smallest absolute Gasteiger partial charge is 0.0587 e. The molecule has 2 rings (SSSR count). The van der Waals surface area contributed by atoms with E-state index in [0.29, 0.717) is 6.61 Å². The van der Waals surface area contributed by atoms with Crippen molar-refractivity contribution in [3.05, 3.63) is 28.8 Å². The molecule has 1 aliphatic rings. The molecular formula is C15H24ClN3O. The molecule has 0 spiro atoms. The maximum Gasteiger partial charge on any atom is 0.0587 e. The van der Waals surface area contributed by atoms with Crippen molar-refractivity contribution in [2.75, 3.05) is 58.4 Å². The number of hydrogen-bond acceptors (Lipinski definition) is 4. The van der Waals surface area contributed by atoms with Gasteiger partial charge in [0.1, 0.15) is 0 Å². The summed E-state index contributed by atoms with van der Waals surface area (Å²) in [5.41, 5.74) is 2.45. The number of ether oxygens (including phenoxy) is 1. The Kier molecular flexibility index (Phi) is 6.10. The van der Waals surface area contributed by atoms with E-state index >= 15 is 0 Å². The van der Waals surface area contributed by atoms with Gasteiger partial charge in [-0.3, -0.25) is 0 Å². The Morgan fingerprint density at radius 2 is 2.00 bits per heavy atom. The van der Waals surface area contributed by atoms with Crippen LogP contribution in [0.25, 0.3) is 0 Å². The zero-order valence-corrected chi connectivity index (χ0v) is 13.1. The van der Waals surface area contributed by atoms with Gasteiger partial charge in [0.05, 0.1) is 6.61 Å². The second kappa shape index (κ2) is 7.84. The highest BCUT2D eigenvalue weighted by Gasteiger charge is 2.18. The lowest BCUT2D eigenvalue weighted by atomic mass is 10.1. The molecule has 20 heavy (non-hydrogen) atoms. The monoisotopic (exact) mass is 297 g/mol. The quantitative estimate of drug-likeness (QED) is 0.811. The van der Waals surface area contributed by atoms with E-state index in [9.17, 15) is 0 Å². The van der Waals surface area contributed by atoms with Crippen LogP contribution in [0.4, 0.5) is 5.69 Å². The summed E-state index contributed by atoms with van der Waals surface area (Å²) in [7, 11) is 3.88. The van der Waals surface area contributed by atoms with Gasteiger partial charge in [0.2, 0.25) is 0 Å². The van der Waals surface area contributed by atoms with Gasteiger partial charge < -0.3 is 19.9 Å². The molecule has 1 N–H and O–H groups in total. The lowest BCUT2D eigenvalue weighted by Crippen LogP contribution is -2.45. The summed E-state index contributed by atoms with van der Waals surface area (Å²) < 4.78 is 5.06. The number of nitrogens with one attached hydrogen (secondary N) is 1. The predicted octanol–water partition coefficient (Wildman–Crippen LogP) is 1.83. The fourth-order valence-electron chi connectivity index (χ4n) is 2.45. The third-order valence-corrected chi connectivity index (χ3v) is 4.08. The highest BCUT2D eigenvalue weighted by Crippen LogP contribution is 2.28. The minimum atomic E-state index is 0.717. The lowest BCUT2D eigenvalue weighted by molar-refractivity contribution is 0.199. The third kappa shape index (κ3) is 4.09. The molecule has 5 heteroatoms. The first kappa shape index (κ1) is 15.6. The van der Waals surface area contributed by atoms with Crippen LogP contribution < -0.4 is 10.2 Å². The number of rotatable bonds is 6. The highest BCUT2D eigenvalue weighted by atomic mass is 35.5. The molecule has 112 valence electrons. The van der Waals surface area contributed by atoms with Gasteiger partial charge >= 0.3 is 0 Å². The van der Waals surface area contributed by atoms with Gasteiger partial charge in [-0.1, -0.05) is 17.7 Å². The molecule has 1 heterocycles. The zero-order valence-electron chi connectivity index (χ0n) is 12.4. The van der Waals surface area contributed by atoms with E-state index < -0.39 is 0 Å². The second-order valence-corrected chi connectivity index (χ2v) is 5.60. The Hall–Kier alpha value is -0.810. The molecule has 0 atom stereocenters. The average Bonchev–Trinajstić information content (AvgIpc) is 2.46. The third-order valence-electron chi connectivity index (χ3n) is 3.72. The van der Waals surface area contributed by atoms with Crippen molar-refractivity contribution in [2.24, 2.45) is 0 Å². The number of piperazine rings is 1. The maximum atomic E-state index is 6.38. The normalized spacial score (nSPS) is 16.6. The zero-order chi connectivity index (χ0) is 14.4. The standard InChI is InChI=1S/C15H24ClN3O/c1-18-7-9-19(10-8-18)15-5-3-4-14(16)13(15)12-17-6-11-20-2/h3-5,17H,6-12H2,1-2H3. The van der Waals surface area contributed by atoms with Crippen LogP contribution in [-0.2, 0) is 11.3 Å². The van der Waals surface area contributed by atoms with E-state index in [4.69, 9.17) is 16.3 Å². The molecule has 1 saturated heterocycles. The topological polar surface area (TPSA) is 27.7 Å². The number of benzene rings is 1. The number of halogens is 1. The number of hydrogen-bond donors (Lipinski definition) is 1. The van der Waals surface area contributed by atoms with E-state index in [0.717, 1.165) is 44.3 Å². The molecule has 0 saturated carbocycles. The van der Waals surface area contributed by atoms with Crippen molar-refractivity contribution >= 4 is 17.3 Å². The molecule has 0 bridgehead atoms. The molecule has 0 aliphatic carbocycles. The Morgan fingerprint density at radius 3 is 2.70 bits per heavy atom. The van der Waals surface area contributed by atoms with Crippen LogP contribution in [0.15, 0.2) is 18.2 Å². The fourth-order valence-corrected chi connectivity index (χ4v) is 2.69. The fraction of sp³-hybridized carbons (Fsp3) is 0.600. The Bertz CT molecular complexity index is 420. The number of anilines is 1. The number of likely N-dealkylation sites (N-methyl/N-ethyl adjacent to an activating group) is 1. The molecule has 0 unspecified atom stereocenters. The van der Waals surface area contributed by atoms with Crippen molar-refractivity contribution in [3.8, 4) is 0 Å². The minimum Gasteiger partial charge on any atom is -0.383 e. The molecule has 1 aromatic rings. The molecule has 1 aliphatic heterocycles. The van der Waals surface area contributed by atoms with E-state index in [1.807, 2.05) is 12.1 Å². The van der Waals surface area contributed by atoms with E-state index in [-0.39, 0.29) is 0 Å². The van der Waals surface area contributed by atoms with Crippen molar-refractivity contribution in [1.29, 1.82) is 0 Å². The minimum absolute atomic E-state index is 0.717. The van der Waals surface area contributed by atoms with Crippen LogP contribution in [0, 0.1) is 0 Å². The lowest BCUT2D eigenvalue weighted by Gasteiger charge is -2.35. The van der Waals surface area contributed by atoms with E-state index in [1.54, 1.807) is 7.11 Å². The Balaban J connectivity index is 2.05. The molecule has 0 radical (unpaired) electrons. The van der Waals surface area contributed by atoms with Crippen molar-refractivity contribution in [2.45, 2.75) is 6.54 Å². The van der Waals surface area contributed by atoms with Gasteiger partial charge in [0.15, 0.2) is 0 Å². The molecule has 4 nitrogen and oxygen atoms in total. The number of methoxy groups -OCH3 is 1. The van der Waals surface area contributed by atoms with Crippen molar-refractivity contribution in [3.63, 3.8) is 0 Å². The molecule has 0 amide bonds. The summed E-state index contributed by atoms with van der Waals surface area (Å²) >= 11 is 6.38. The van der Waals surface area contributed by atoms with Crippen LogP contribution in [0.1, 0.15) is 5.56 Å². The van der Waals surface area contributed by atoms with Gasteiger partial charge in [0.25, 0.3) is 0 Å². The van der Waals surface area contributed by atoms with Crippen LogP contribution in [0.3, 0.4) is 0 Å². The summed E-state index contributed by atoms with van der Waals surface area (Å²) in [6.07, 6.45) is 0. The summed E-state index contributed by atoms with van der Waals surface area (Å²) in [4.78, 5) is 4.79. The molecular weight excluding hydrogens is 274 g/mol. The average molecular weight is 298 g/mol. The van der Waals surface area contributed by atoms with Gasteiger partial charge in [-0.25, -0.2) is 0 Å². The van der Waals surface area contributed by atoms with Crippen LogP contribution in [0.2, 0.25) is 5.02 Å². The second-order valence-electron chi connectivity index (χ2n) is 5.20. The van der Waals surface area contributed by atoms with Gasteiger partial charge in [-0.05, 0) is 19.2 Å². The molecule has 1 fully saturated rings. The SMILES string of the molecule is COCCNCc1c(Cl)cccc1N1CCN(C)CC1. The number of nitrogens with zero attached hydrogens (tertiary/aromatic N) is 2. The van der Waals surface area contributed by atoms with E-state index in [1.165, 1.54) is 11.3 Å². The first-order chi connectivity index (χ1) is 9.72. The van der Waals surface area contributed by atoms with Gasteiger partial charge in [-0.2, -0.15) is 0 Å². The first-order valence-corrected chi connectivity index (χ1v) is 7.50. The summed E-state index contributed by atoms with van der Waals surface area (Å²) in [5.74, 6) is 0. The molecule has 1 aromatic carbocycles. The highest BCUT2D eigenvalue weighted by molar-refractivity contribution is 6.31. The summed E-state index contributed by atoms with van der Waals surface area (Å²) in [5, 5.41) is 4.22. The Morgan fingerprint density at radius 1 is 1.25 bits per heavy atom.